The Labute approximate surface area is 123 Å². The molecular formula is C14H17ClN4O. The Balaban J connectivity index is 2.33. The predicted octanol–water partition coefficient (Wildman–Crippen LogP) is 0.868. The number of nitrogens with zero attached hydrogens (tertiary/aromatic N) is 1. The lowest BCUT2D eigenvalue weighted by Crippen LogP contribution is -2.41. The third-order valence-corrected chi connectivity index (χ3v) is 2.73. The monoisotopic (exact) mass is 292 g/mol. The molecule has 106 valence electrons. The van der Waals surface area contributed by atoms with Crippen LogP contribution >= 0.6 is 11.6 Å². The SMILES string of the molecule is C#CCNC(=NC)NCCNC(=O)c1ccccc1Cl. The second kappa shape index (κ2) is 8.83. The van der Waals surface area contributed by atoms with Gasteiger partial charge >= 0.3 is 0 Å². The van der Waals surface area contributed by atoms with Crippen molar-refractivity contribution in [3.63, 3.8) is 0 Å². The van der Waals surface area contributed by atoms with Crippen molar-refractivity contribution in [3.8, 4) is 12.3 Å². The molecule has 0 heterocycles. The van der Waals surface area contributed by atoms with E-state index in [1.807, 2.05) is 0 Å². The van der Waals surface area contributed by atoms with Crippen LogP contribution in [-0.2, 0) is 0 Å². The van der Waals surface area contributed by atoms with Gasteiger partial charge in [0.1, 0.15) is 0 Å². The van der Waals surface area contributed by atoms with E-state index in [0.717, 1.165) is 0 Å². The molecule has 20 heavy (non-hydrogen) atoms. The smallest absolute Gasteiger partial charge is 0.252 e. The van der Waals surface area contributed by atoms with Gasteiger partial charge in [0.15, 0.2) is 5.96 Å². The van der Waals surface area contributed by atoms with Crippen molar-refractivity contribution >= 4 is 23.5 Å². The Morgan fingerprint density at radius 3 is 2.65 bits per heavy atom. The van der Waals surface area contributed by atoms with Crippen molar-refractivity contribution in [2.75, 3.05) is 26.7 Å². The van der Waals surface area contributed by atoms with Gasteiger partial charge in [-0.15, -0.1) is 6.42 Å². The van der Waals surface area contributed by atoms with Crippen LogP contribution in [-0.4, -0.2) is 38.5 Å². The van der Waals surface area contributed by atoms with Crippen LogP contribution < -0.4 is 16.0 Å². The molecule has 0 aliphatic carbocycles. The van der Waals surface area contributed by atoms with Gasteiger partial charge in [0.2, 0.25) is 0 Å². The second-order valence-corrected chi connectivity index (χ2v) is 4.20. The topological polar surface area (TPSA) is 65.5 Å². The Morgan fingerprint density at radius 2 is 2.00 bits per heavy atom. The van der Waals surface area contributed by atoms with Gasteiger partial charge in [-0.05, 0) is 12.1 Å². The Morgan fingerprint density at radius 1 is 1.30 bits per heavy atom. The number of aliphatic imine (C=N–C) groups is 1. The van der Waals surface area contributed by atoms with Crippen LogP contribution in [0.1, 0.15) is 10.4 Å². The average molecular weight is 293 g/mol. The van der Waals surface area contributed by atoms with Crippen LogP contribution in [0.4, 0.5) is 0 Å². The highest BCUT2D eigenvalue weighted by molar-refractivity contribution is 6.33. The number of guanidine groups is 1. The van der Waals surface area contributed by atoms with Crippen molar-refractivity contribution in [2.24, 2.45) is 4.99 Å². The second-order valence-electron chi connectivity index (χ2n) is 3.79. The number of carbonyl (C=O) groups excluding carboxylic acids is 1. The van der Waals surface area contributed by atoms with Crippen molar-refractivity contribution in [3.05, 3.63) is 34.9 Å². The summed E-state index contributed by atoms with van der Waals surface area (Å²) in [5.74, 6) is 2.84. The van der Waals surface area contributed by atoms with Crippen molar-refractivity contribution in [1.29, 1.82) is 0 Å². The molecule has 3 N–H and O–H groups in total. The van der Waals surface area contributed by atoms with Crippen LogP contribution in [0, 0.1) is 12.3 Å². The first-order valence-corrected chi connectivity index (χ1v) is 6.47. The first-order valence-electron chi connectivity index (χ1n) is 6.09. The maximum atomic E-state index is 11.9. The molecule has 0 saturated heterocycles. The largest absolute Gasteiger partial charge is 0.355 e. The molecule has 0 radical (unpaired) electrons. The lowest BCUT2D eigenvalue weighted by atomic mass is 10.2. The number of halogens is 1. The molecule has 0 aromatic heterocycles. The van der Waals surface area contributed by atoms with Crippen molar-refractivity contribution < 1.29 is 4.79 Å². The minimum Gasteiger partial charge on any atom is -0.355 e. The Kier molecular flexibility index (Phi) is 7.01. The summed E-state index contributed by atoms with van der Waals surface area (Å²) in [6.45, 7) is 1.37. The van der Waals surface area contributed by atoms with Crippen molar-refractivity contribution in [2.45, 2.75) is 0 Å². The fourth-order valence-corrected chi connectivity index (χ4v) is 1.67. The van der Waals surface area contributed by atoms with E-state index in [9.17, 15) is 4.79 Å². The summed E-state index contributed by atoms with van der Waals surface area (Å²) in [6, 6.07) is 6.91. The van der Waals surface area contributed by atoms with Crippen LogP contribution in [0.5, 0.6) is 0 Å². The maximum Gasteiger partial charge on any atom is 0.252 e. The predicted molar refractivity (Wildman–Crippen MR) is 82.0 cm³/mol. The first-order chi connectivity index (χ1) is 9.69. The van der Waals surface area contributed by atoms with E-state index in [4.69, 9.17) is 18.0 Å². The summed E-state index contributed by atoms with van der Waals surface area (Å²) in [5.41, 5.74) is 0.462. The molecule has 0 aliphatic heterocycles. The fraction of sp³-hybridized carbons (Fsp3) is 0.286. The molecule has 0 bridgehead atoms. The van der Waals surface area contributed by atoms with E-state index in [0.29, 0.717) is 36.2 Å². The van der Waals surface area contributed by atoms with E-state index >= 15 is 0 Å². The van der Waals surface area contributed by atoms with Crippen LogP contribution in [0.2, 0.25) is 5.02 Å². The molecule has 6 heteroatoms. The average Bonchev–Trinajstić information content (AvgIpc) is 2.46. The van der Waals surface area contributed by atoms with Gasteiger partial charge in [-0.2, -0.15) is 0 Å². The lowest BCUT2D eigenvalue weighted by molar-refractivity contribution is 0.0954. The van der Waals surface area contributed by atoms with Crippen LogP contribution in [0.3, 0.4) is 0 Å². The molecule has 1 amide bonds. The van der Waals surface area contributed by atoms with Gasteiger partial charge < -0.3 is 16.0 Å². The summed E-state index contributed by atoms with van der Waals surface area (Å²) in [6.07, 6.45) is 5.14. The highest BCUT2D eigenvalue weighted by Crippen LogP contribution is 2.14. The number of hydrogen-bond acceptors (Lipinski definition) is 2. The van der Waals surface area contributed by atoms with E-state index in [1.165, 1.54) is 0 Å². The number of hydrogen-bond donors (Lipinski definition) is 3. The molecule has 1 aromatic rings. The third kappa shape index (κ3) is 5.21. The van der Waals surface area contributed by atoms with E-state index in [-0.39, 0.29) is 5.91 Å². The van der Waals surface area contributed by atoms with E-state index < -0.39 is 0 Å². The molecule has 1 rings (SSSR count). The van der Waals surface area contributed by atoms with Crippen LogP contribution in [0.15, 0.2) is 29.3 Å². The number of benzene rings is 1. The third-order valence-electron chi connectivity index (χ3n) is 2.40. The Bertz CT molecular complexity index is 522. The zero-order valence-electron chi connectivity index (χ0n) is 11.2. The number of carbonyl (C=O) groups is 1. The summed E-state index contributed by atoms with van der Waals surface area (Å²) >= 11 is 5.94. The molecule has 5 nitrogen and oxygen atoms in total. The minimum absolute atomic E-state index is 0.205. The van der Waals surface area contributed by atoms with Gasteiger partial charge in [-0.25, -0.2) is 0 Å². The standard InChI is InChI=1S/C14H17ClN4O/c1-3-8-18-14(16-2)19-10-9-17-13(20)11-6-4-5-7-12(11)15/h1,4-7H,8-10H2,2H3,(H,17,20)(H2,16,18,19). The summed E-state index contributed by atoms with van der Waals surface area (Å²) in [7, 11) is 1.65. The van der Waals surface area contributed by atoms with Gasteiger partial charge in [0.05, 0.1) is 17.1 Å². The molecule has 1 aromatic carbocycles. The minimum atomic E-state index is -0.205. The van der Waals surface area contributed by atoms with E-state index in [1.54, 1.807) is 31.3 Å². The molecule has 0 aliphatic rings. The van der Waals surface area contributed by atoms with Gasteiger partial charge in [-0.1, -0.05) is 29.7 Å². The quantitative estimate of drug-likeness (QED) is 0.326. The van der Waals surface area contributed by atoms with Gasteiger partial charge in [0, 0.05) is 20.1 Å². The van der Waals surface area contributed by atoms with Gasteiger partial charge in [-0.3, -0.25) is 9.79 Å². The first kappa shape index (κ1) is 15.9. The Hall–Kier alpha value is -2.19. The van der Waals surface area contributed by atoms with Crippen molar-refractivity contribution in [1.82, 2.24) is 16.0 Å². The summed E-state index contributed by atoms with van der Waals surface area (Å²) in [4.78, 5) is 15.8. The fourth-order valence-electron chi connectivity index (χ4n) is 1.45. The molecule has 0 spiro atoms. The number of rotatable bonds is 5. The normalized spacial score (nSPS) is 10.6. The molecule has 0 saturated carbocycles. The number of nitrogens with one attached hydrogen (secondary N) is 3. The zero-order chi connectivity index (χ0) is 14.8. The summed E-state index contributed by atoms with van der Waals surface area (Å²) < 4.78 is 0. The molecule has 0 atom stereocenters. The van der Waals surface area contributed by atoms with Crippen LogP contribution in [0.25, 0.3) is 0 Å². The number of terminal acetylenes is 1. The van der Waals surface area contributed by atoms with E-state index in [2.05, 4.69) is 26.9 Å². The highest BCUT2D eigenvalue weighted by atomic mass is 35.5. The summed E-state index contributed by atoms with van der Waals surface area (Å²) in [5, 5.41) is 9.14. The number of amides is 1. The highest BCUT2D eigenvalue weighted by Gasteiger charge is 2.08. The molecular weight excluding hydrogens is 276 g/mol. The van der Waals surface area contributed by atoms with Gasteiger partial charge in [0.25, 0.3) is 5.91 Å². The molecule has 0 unspecified atom stereocenters. The zero-order valence-corrected chi connectivity index (χ0v) is 12.0. The lowest BCUT2D eigenvalue weighted by Gasteiger charge is -2.11. The maximum absolute atomic E-state index is 11.9. The molecule has 0 fully saturated rings.